The Kier molecular flexibility index (Phi) is 11.1. The first-order valence-electron chi connectivity index (χ1n) is 9.59. The number of para-hydroxylation sites is 1. The highest BCUT2D eigenvalue weighted by Crippen LogP contribution is 2.28. The maximum Gasteiger partial charge on any atom is 0.191 e. The Morgan fingerprint density at radius 3 is 2.40 bits per heavy atom. The molecule has 0 heterocycles. The van der Waals surface area contributed by atoms with E-state index >= 15 is 0 Å². The first kappa shape index (κ1) is 21.6. The highest BCUT2D eigenvalue weighted by Gasteiger charge is 2.22. The monoisotopic (exact) mass is 354 g/mol. The average Bonchev–Trinajstić information content (AvgIpc) is 3.15. The van der Waals surface area contributed by atoms with E-state index in [0.717, 1.165) is 37.7 Å². The van der Waals surface area contributed by atoms with Gasteiger partial charge in [-0.15, -0.1) is 0 Å². The molecule has 1 unspecified atom stereocenters. The van der Waals surface area contributed by atoms with Gasteiger partial charge in [0.25, 0.3) is 0 Å². The quantitative estimate of drug-likeness (QED) is 0.355. The van der Waals surface area contributed by atoms with Crippen molar-refractivity contribution in [3.05, 3.63) is 41.5 Å². The molecule has 142 valence electrons. The van der Waals surface area contributed by atoms with Crippen LogP contribution in [0.1, 0.15) is 65.7 Å². The van der Waals surface area contributed by atoms with E-state index in [1.165, 1.54) is 31.0 Å². The van der Waals surface area contributed by atoms with Gasteiger partial charge in [-0.05, 0) is 43.4 Å². The van der Waals surface area contributed by atoms with Crippen LogP contribution in [0.5, 0.6) is 5.75 Å². The molecule has 0 fully saturated rings. The first-order chi connectivity index (χ1) is 12.2. The van der Waals surface area contributed by atoms with E-state index in [4.69, 9.17) is 9.47 Å². The van der Waals surface area contributed by atoms with Crippen molar-refractivity contribution in [3.8, 4) is 5.75 Å². The Hall–Kier alpha value is -1.42. The Balaban J connectivity index is 0.00000151. The van der Waals surface area contributed by atoms with Gasteiger partial charge in [-0.2, -0.15) is 0 Å². The molecule has 1 aromatic rings. The number of ether oxygens (including phenoxy) is 2. The van der Waals surface area contributed by atoms with Gasteiger partial charge < -0.3 is 9.47 Å². The van der Waals surface area contributed by atoms with Crippen molar-refractivity contribution in [2.75, 3.05) is 13.2 Å². The summed E-state index contributed by atoms with van der Waals surface area (Å²) in [5.74, 6) is -1.65. The smallest absolute Gasteiger partial charge is 0.191 e. The molecule has 2 rings (SSSR count). The van der Waals surface area contributed by atoms with E-state index in [0.29, 0.717) is 13.2 Å². The minimum absolute atomic E-state index is 0.306. The highest BCUT2D eigenvalue weighted by atomic mass is 19.1. The van der Waals surface area contributed by atoms with Crippen LogP contribution in [0.15, 0.2) is 29.8 Å². The molecule has 1 aliphatic carbocycles. The van der Waals surface area contributed by atoms with E-state index < -0.39 is 17.7 Å². The van der Waals surface area contributed by atoms with Crippen molar-refractivity contribution in [2.24, 2.45) is 0 Å². The Morgan fingerprint density at radius 2 is 1.80 bits per heavy atom. The molecule has 0 saturated carbocycles. The number of hydrogen-bond acceptors (Lipinski definition) is 2. The fourth-order valence-corrected chi connectivity index (χ4v) is 2.76. The summed E-state index contributed by atoms with van der Waals surface area (Å²) in [7, 11) is 0. The molecular weight excluding hydrogens is 322 g/mol. The molecule has 1 aromatic carbocycles. The van der Waals surface area contributed by atoms with Gasteiger partial charge in [-0.25, -0.2) is 8.78 Å². The van der Waals surface area contributed by atoms with Gasteiger partial charge in [0.05, 0.1) is 6.61 Å². The van der Waals surface area contributed by atoms with Crippen LogP contribution in [0.4, 0.5) is 8.78 Å². The third-order valence-electron chi connectivity index (χ3n) is 4.08. The zero-order valence-corrected chi connectivity index (χ0v) is 15.8. The molecule has 0 spiro atoms. The molecular formula is C21H32F2O2. The molecule has 1 atom stereocenters. The number of halogens is 2. The molecule has 4 heteroatoms. The Labute approximate surface area is 151 Å². The van der Waals surface area contributed by atoms with Crippen LogP contribution in [0.2, 0.25) is 0 Å². The topological polar surface area (TPSA) is 18.5 Å². The Bertz CT molecular complexity index is 494. The molecule has 0 N–H and O–H groups in total. The molecule has 1 aliphatic rings. The number of allylic oxidation sites excluding steroid dienone is 1. The van der Waals surface area contributed by atoms with Gasteiger partial charge in [0.2, 0.25) is 0 Å². The zero-order valence-electron chi connectivity index (χ0n) is 15.8. The average molecular weight is 354 g/mol. The van der Waals surface area contributed by atoms with Crippen LogP contribution in [0.3, 0.4) is 0 Å². The van der Waals surface area contributed by atoms with E-state index in [-0.39, 0.29) is 5.75 Å². The number of benzene rings is 1. The van der Waals surface area contributed by atoms with Gasteiger partial charge in [0.1, 0.15) is 6.10 Å². The molecule has 2 nitrogen and oxygen atoms in total. The molecule has 0 saturated heterocycles. The van der Waals surface area contributed by atoms with Gasteiger partial charge in [-0.1, -0.05) is 52.2 Å². The zero-order chi connectivity index (χ0) is 18.5. The second-order valence-electron chi connectivity index (χ2n) is 5.96. The third kappa shape index (κ3) is 7.55. The lowest BCUT2D eigenvalue weighted by atomic mass is 10.1. The fourth-order valence-electron chi connectivity index (χ4n) is 2.76. The molecule has 0 amide bonds. The molecule has 25 heavy (non-hydrogen) atoms. The van der Waals surface area contributed by atoms with E-state index in [1.54, 1.807) is 0 Å². The first-order valence-corrected chi connectivity index (χ1v) is 9.59. The van der Waals surface area contributed by atoms with Gasteiger partial charge >= 0.3 is 0 Å². The number of unbranched alkanes of at least 4 members (excludes halogenated alkanes) is 3. The van der Waals surface area contributed by atoms with Crippen molar-refractivity contribution in [1.82, 2.24) is 0 Å². The summed E-state index contributed by atoms with van der Waals surface area (Å²) in [6.45, 7) is 7.17. The van der Waals surface area contributed by atoms with Crippen molar-refractivity contribution < 1.29 is 18.3 Å². The fraction of sp³-hybridized carbons (Fsp3) is 0.619. The maximum absolute atomic E-state index is 13.8. The molecule has 0 bridgehead atoms. The number of hydrogen-bond donors (Lipinski definition) is 0. The van der Waals surface area contributed by atoms with Crippen molar-refractivity contribution in [1.29, 1.82) is 0 Å². The molecule has 0 aromatic heterocycles. The summed E-state index contributed by atoms with van der Waals surface area (Å²) < 4.78 is 38.9. The minimum atomic E-state index is -0.670. The van der Waals surface area contributed by atoms with Crippen LogP contribution >= 0.6 is 0 Å². The van der Waals surface area contributed by atoms with Crippen molar-refractivity contribution >= 4 is 0 Å². The predicted molar refractivity (Wildman–Crippen MR) is 99.0 cm³/mol. The minimum Gasteiger partial charge on any atom is -0.477 e. The van der Waals surface area contributed by atoms with Gasteiger partial charge in [-0.3, -0.25) is 0 Å². The maximum atomic E-state index is 13.8. The van der Waals surface area contributed by atoms with Crippen molar-refractivity contribution in [3.63, 3.8) is 0 Å². The predicted octanol–water partition coefficient (Wildman–Crippen LogP) is 6.45. The molecule has 0 radical (unpaired) electrons. The summed E-state index contributed by atoms with van der Waals surface area (Å²) in [5.41, 5.74) is 1.08. The largest absolute Gasteiger partial charge is 0.477 e. The van der Waals surface area contributed by atoms with E-state index in [1.807, 2.05) is 13.8 Å². The summed E-state index contributed by atoms with van der Waals surface area (Å²) in [6.07, 6.45) is 9.19. The van der Waals surface area contributed by atoms with E-state index in [2.05, 4.69) is 13.0 Å². The normalized spacial score (nSPS) is 14.5. The second kappa shape index (κ2) is 12.9. The highest BCUT2D eigenvalue weighted by molar-refractivity contribution is 5.28. The van der Waals surface area contributed by atoms with Crippen LogP contribution in [-0.2, 0) is 4.74 Å². The second-order valence-corrected chi connectivity index (χ2v) is 5.96. The standard InChI is InChI=1S/C19H26F2O2.C2H6/c1-2-3-4-7-13-22-14-18(15-9-5-6-10-15)23-19-16(20)11-8-12-17(19)21;1-2/h8-9,11-12,18H,2-7,10,13-14H2,1H3;1-2H3. The van der Waals surface area contributed by atoms with Crippen LogP contribution < -0.4 is 4.74 Å². The van der Waals surface area contributed by atoms with Gasteiger partial charge in [0.15, 0.2) is 17.4 Å². The lowest BCUT2D eigenvalue weighted by Gasteiger charge is -2.21. The number of rotatable bonds is 10. The summed E-state index contributed by atoms with van der Waals surface area (Å²) in [5, 5.41) is 0. The molecule has 0 aliphatic heterocycles. The summed E-state index contributed by atoms with van der Waals surface area (Å²) >= 11 is 0. The van der Waals surface area contributed by atoms with Crippen molar-refractivity contribution in [2.45, 2.75) is 71.8 Å². The van der Waals surface area contributed by atoms with Crippen LogP contribution in [0, 0.1) is 11.6 Å². The van der Waals surface area contributed by atoms with Crippen LogP contribution in [0.25, 0.3) is 0 Å². The lowest BCUT2D eigenvalue weighted by Crippen LogP contribution is -2.26. The SMILES string of the molecule is CC.CCCCCCOCC(Oc1c(F)cccc1F)C1=CCCC1. The Morgan fingerprint density at radius 1 is 1.08 bits per heavy atom. The van der Waals surface area contributed by atoms with E-state index in [9.17, 15) is 8.78 Å². The summed E-state index contributed by atoms with van der Waals surface area (Å²) in [4.78, 5) is 0. The summed E-state index contributed by atoms with van der Waals surface area (Å²) in [6, 6.07) is 3.76. The van der Waals surface area contributed by atoms with Crippen LogP contribution in [-0.4, -0.2) is 19.3 Å². The third-order valence-corrected chi connectivity index (χ3v) is 4.08. The van der Waals surface area contributed by atoms with Gasteiger partial charge in [0, 0.05) is 6.61 Å². The lowest BCUT2D eigenvalue weighted by molar-refractivity contribution is 0.0592.